The molecule has 2 nitrogen and oxygen atoms in total. The van der Waals surface area contributed by atoms with Crippen molar-refractivity contribution in [3.05, 3.63) is 57.6 Å². The molecule has 0 spiro atoms. The van der Waals surface area contributed by atoms with Crippen molar-refractivity contribution in [2.24, 2.45) is 0 Å². The Morgan fingerprint density at radius 2 is 1.90 bits per heavy atom. The van der Waals surface area contributed by atoms with Crippen molar-refractivity contribution in [1.82, 2.24) is 0 Å². The fourth-order valence-electron chi connectivity index (χ4n) is 2.58. The number of fused-ring (bicyclic) bond motifs is 1. The Kier molecular flexibility index (Phi) is 4.04. The van der Waals surface area contributed by atoms with E-state index in [2.05, 4.69) is 28.8 Å². The highest BCUT2D eigenvalue weighted by Gasteiger charge is 2.11. The Labute approximate surface area is 129 Å². The van der Waals surface area contributed by atoms with Gasteiger partial charge in [-0.15, -0.1) is 0 Å². The summed E-state index contributed by atoms with van der Waals surface area (Å²) in [4.78, 5) is 0. The molecular weight excluding hydrogens is 291 g/mol. The topological polar surface area (TPSA) is 24.1 Å². The Morgan fingerprint density at radius 1 is 1.10 bits per heavy atom. The summed E-state index contributed by atoms with van der Waals surface area (Å²) in [5, 5.41) is 8.17. The van der Waals surface area contributed by atoms with Crippen LogP contribution in [-0.4, -0.2) is 6.54 Å². The van der Waals surface area contributed by atoms with Crippen LogP contribution in [-0.2, 0) is 13.0 Å². The van der Waals surface area contributed by atoms with E-state index in [4.69, 9.17) is 23.2 Å². The highest BCUT2D eigenvalue weighted by Crippen LogP contribution is 2.28. The van der Waals surface area contributed by atoms with Gasteiger partial charge in [0.15, 0.2) is 0 Å². The van der Waals surface area contributed by atoms with Gasteiger partial charge < -0.3 is 10.6 Å². The van der Waals surface area contributed by atoms with Crippen LogP contribution in [0.15, 0.2) is 36.4 Å². The lowest BCUT2D eigenvalue weighted by atomic mass is 9.99. The summed E-state index contributed by atoms with van der Waals surface area (Å²) in [7, 11) is 0. The molecule has 0 bridgehead atoms. The normalized spacial score (nSPS) is 13.5. The molecule has 0 aliphatic carbocycles. The van der Waals surface area contributed by atoms with Gasteiger partial charge in [-0.2, -0.15) is 0 Å². The van der Waals surface area contributed by atoms with Gasteiger partial charge in [-0.25, -0.2) is 0 Å². The van der Waals surface area contributed by atoms with Crippen LogP contribution in [0.4, 0.5) is 11.4 Å². The maximum atomic E-state index is 6.01. The molecule has 1 aliphatic rings. The van der Waals surface area contributed by atoms with Gasteiger partial charge in [0.05, 0.1) is 0 Å². The molecule has 2 aromatic rings. The minimum Gasteiger partial charge on any atom is -0.385 e. The number of benzene rings is 2. The Hall–Kier alpha value is -1.38. The predicted molar refractivity (Wildman–Crippen MR) is 87.0 cm³/mol. The minimum atomic E-state index is 0.646. The fourth-order valence-corrected chi connectivity index (χ4v) is 3.11. The first kappa shape index (κ1) is 13.6. The number of halogens is 2. The monoisotopic (exact) mass is 306 g/mol. The first-order valence-corrected chi connectivity index (χ1v) is 7.52. The van der Waals surface area contributed by atoms with E-state index in [-0.39, 0.29) is 0 Å². The van der Waals surface area contributed by atoms with E-state index in [1.165, 1.54) is 23.2 Å². The SMILES string of the molecule is Clc1cc(Cl)cc(NCc2cccc3c2NCCC3)c1. The molecule has 104 valence electrons. The van der Waals surface area contributed by atoms with Crippen LogP contribution in [0.25, 0.3) is 0 Å². The molecule has 0 unspecified atom stereocenters. The van der Waals surface area contributed by atoms with Crippen LogP contribution < -0.4 is 10.6 Å². The molecule has 0 aromatic heterocycles. The maximum absolute atomic E-state index is 6.01. The summed E-state index contributed by atoms with van der Waals surface area (Å²) in [5.74, 6) is 0. The quantitative estimate of drug-likeness (QED) is 0.837. The molecule has 2 N–H and O–H groups in total. The Balaban J connectivity index is 1.78. The van der Waals surface area contributed by atoms with Crippen molar-refractivity contribution in [2.45, 2.75) is 19.4 Å². The predicted octanol–water partition coefficient (Wildman–Crippen LogP) is 4.96. The first-order valence-electron chi connectivity index (χ1n) is 6.77. The zero-order valence-corrected chi connectivity index (χ0v) is 12.6. The second-order valence-electron chi connectivity index (χ2n) is 4.99. The number of anilines is 2. The molecule has 0 saturated carbocycles. The highest BCUT2D eigenvalue weighted by molar-refractivity contribution is 6.35. The largest absolute Gasteiger partial charge is 0.385 e. The van der Waals surface area contributed by atoms with Crippen LogP contribution in [0, 0.1) is 0 Å². The summed E-state index contributed by atoms with van der Waals surface area (Å²) in [6, 6.07) is 12.0. The van der Waals surface area contributed by atoms with Crippen molar-refractivity contribution >= 4 is 34.6 Å². The average molecular weight is 307 g/mol. The molecular formula is C16H16Cl2N2. The molecule has 0 amide bonds. The summed E-state index contributed by atoms with van der Waals surface area (Å²) >= 11 is 12.0. The maximum Gasteiger partial charge on any atom is 0.0441 e. The summed E-state index contributed by atoms with van der Waals surface area (Å²) in [6.45, 7) is 1.81. The van der Waals surface area contributed by atoms with E-state index >= 15 is 0 Å². The second kappa shape index (κ2) is 5.94. The number of aryl methyl sites for hydroxylation is 1. The molecule has 1 aliphatic heterocycles. The Bertz CT molecular complexity index is 606. The lowest BCUT2D eigenvalue weighted by Gasteiger charge is -2.21. The molecule has 0 saturated heterocycles. The van der Waals surface area contributed by atoms with Crippen LogP contribution in [0.3, 0.4) is 0 Å². The first-order chi connectivity index (χ1) is 9.72. The highest BCUT2D eigenvalue weighted by atomic mass is 35.5. The third-order valence-corrected chi connectivity index (χ3v) is 3.94. The molecule has 20 heavy (non-hydrogen) atoms. The van der Waals surface area contributed by atoms with Crippen molar-refractivity contribution in [2.75, 3.05) is 17.2 Å². The van der Waals surface area contributed by atoms with Crippen LogP contribution in [0.1, 0.15) is 17.5 Å². The van der Waals surface area contributed by atoms with E-state index in [9.17, 15) is 0 Å². The molecule has 0 atom stereocenters. The van der Waals surface area contributed by atoms with Gasteiger partial charge in [0.1, 0.15) is 0 Å². The minimum absolute atomic E-state index is 0.646. The van der Waals surface area contributed by atoms with Crippen LogP contribution >= 0.6 is 23.2 Å². The van der Waals surface area contributed by atoms with Gasteiger partial charge in [-0.3, -0.25) is 0 Å². The standard InChI is InChI=1S/C16H16Cl2N2/c17-13-7-14(18)9-15(8-13)20-10-12-4-1-3-11-5-2-6-19-16(11)12/h1,3-4,7-9,19-20H,2,5-6,10H2. The van der Waals surface area contributed by atoms with Gasteiger partial charge in [-0.1, -0.05) is 41.4 Å². The third-order valence-electron chi connectivity index (χ3n) is 3.51. The van der Waals surface area contributed by atoms with Crippen molar-refractivity contribution < 1.29 is 0 Å². The van der Waals surface area contributed by atoms with Crippen LogP contribution in [0.2, 0.25) is 10.0 Å². The van der Waals surface area contributed by atoms with Crippen molar-refractivity contribution in [3.63, 3.8) is 0 Å². The van der Waals surface area contributed by atoms with Gasteiger partial charge in [0.25, 0.3) is 0 Å². The van der Waals surface area contributed by atoms with E-state index < -0.39 is 0 Å². The van der Waals surface area contributed by atoms with Crippen molar-refractivity contribution in [1.29, 1.82) is 0 Å². The van der Waals surface area contributed by atoms with E-state index in [1.54, 1.807) is 6.07 Å². The van der Waals surface area contributed by atoms with E-state index in [0.717, 1.165) is 25.2 Å². The van der Waals surface area contributed by atoms with Crippen LogP contribution in [0.5, 0.6) is 0 Å². The molecule has 4 heteroatoms. The summed E-state index contributed by atoms with van der Waals surface area (Å²) in [6.07, 6.45) is 2.35. The Morgan fingerprint density at radius 3 is 2.70 bits per heavy atom. The lowest BCUT2D eigenvalue weighted by Crippen LogP contribution is -2.14. The number of nitrogens with one attached hydrogen (secondary N) is 2. The number of hydrogen-bond acceptors (Lipinski definition) is 2. The van der Waals surface area contributed by atoms with Gasteiger partial charge in [0, 0.05) is 34.5 Å². The van der Waals surface area contributed by atoms with E-state index in [0.29, 0.717) is 10.0 Å². The van der Waals surface area contributed by atoms with Gasteiger partial charge in [-0.05, 0) is 42.2 Å². The lowest BCUT2D eigenvalue weighted by molar-refractivity contribution is 0.825. The fraction of sp³-hybridized carbons (Fsp3) is 0.250. The van der Waals surface area contributed by atoms with Gasteiger partial charge in [0.2, 0.25) is 0 Å². The second-order valence-corrected chi connectivity index (χ2v) is 5.87. The number of hydrogen-bond donors (Lipinski definition) is 2. The average Bonchev–Trinajstić information content (AvgIpc) is 2.44. The molecule has 3 rings (SSSR count). The third kappa shape index (κ3) is 3.02. The zero-order chi connectivity index (χ0) is 13.9. The molecule has 0 radical (unpaired) electrons. The summed E-state index contributed by atoms with van der Waals surface area (Å²) < 4.78 is 0. The molecule has 2 aromatic carbocycles. The number of para-hydroxylation sites is 1. The number of rotatable bonds is 3. The summed E-state index contributed by atoms with van der Waals surface area (Å²) in [5.41, 5.74) is 4.90. The molecule has 1 heterocycles. The smallest absolute Gasteiger partial charge is 0.0441 e. The molecule has 0 fully saturated rings. The van der Waals surface area contributed by atoms with E-state index in [1.807, 2.05) is 12.1 Å². The van der Waals surface area contributed by atoms with Crippen molar-refractivity contribution in [3.8, 4) is 0 Å². The zero-order valence-electron chi connectivity index (χ0n) is 11.0. The van der Waals surface area contributed by atoms with Gasteiger partial charge >= 0.3 is 0 Å².